The van der Waals surface area contributed by atoms with E-state index in [0.29, 0.717) is 47.6 Å². The molecular formula is C16H17ClF4N4O. The molecule has 0 saturated carbocycles. The minimum absolute atomic E-state index is 0.309. The lowest BCUT2D eigenvalue weighted by molar-refractivity contribution is -0.147. The number of likely N-dealkylation sites (tertiary alicyclic amines) is 1. The molecule has 1 saturated heterocycles. The highest BCUT2D eigenvalue weighted by Crippen LogP contribution is 2.29. The van der Waals surface area contributed by atoms with Crippen LogP contribution in [0.1, 0.15) is 30.3 Å². The second kappa shape index (κ2) is 7.03. The number of rotatable bonds is 3. The Bertz CT molecular complexity index is 833. The summed E-state index contributed by atoms with van der Waals surface area (Å²) < 4.78 is 54.0. The van der Waals surface area contributed by atoms with Crippen molar-refractivity contribution >= 4 is 11.6 Å². The normalized spacial score (nSPS) is 17.0. The van der Waals surface area contributed by atoms with E-state index in [-0.39, 0.29) is 0 Å². The first kappa shape index (κ1) is 18.9. The molecule has 0 atom stereocenters. The molecule has 1 fully saturated rings. The van der Waals surface area contributed by atoms with Gasteiger partial charge in [0.25, 0.3) is 0 Å². The van der Waals surface area contributed by atoms with E-state index >= 15 is 0 Å². The van der Waals surface area contributed by atoms with Crippen molar-refractivity contribution in [2.75, 3.05) is 13.1 Å². The van der Waals surface area contributed by atoms with Crippen LogP contribution in [0.15, 0.2) is 23.0 Å². The fourth-order valence-corrected chi connectivity index (χ4v) is 3.39. The van der Waals surface area contributed by atoms with E-state index in [1.54, 1.807) is 6.07 Å². The first-order valence-electron chi connectivity index (χ1n) is 8.06. The molecule has 1 aliphatic rings. The molecule has 2 aromatic rings. The van der Waals surface area contributed by atoms with Crippen molar-refractivity contribution in [1.29, 1.82) is 0 Å². The molecule has 1 aromatic heterocycles. The smallest absolute Gasteiger partial charge is 0.299 e. The van der Waals surface area contributed by atoms with E-state index in [0.717, 1.165) is 11.7 Å². The Balaban J connectivity index is 1.71. The van der Waals surface area contributed by atoms with E-state index in [1.165, 1.54) is 12.1 Å². The van der Waals surface area contributed by atoms with Gasteiger partial charge in [0.05, 0.1) is 6.04 Å². The van der Waals surface area contributed by atoms with Crippen LogP contribution in [0.4, 0.5) is 17.6 Å². The number of benzene rings is 1. The van der Waals surface area contributed by atoms with Gasteiger partial charge in [-0.1, -0.05) is 17.7 Å². The van der Waals surface area contributed by atoms with Crippen LogP contribution in [-0.2, 0) is 19.8 Å². The number of aromatic nitrogens is 3. The van der Waals surface area contributed by atoms with E-state index in [1.807, 2.05) is 4.90 Å². The third-order valence-corrected chi connectivity index (χ3v) is 4.96. The maximum Gasteiger partial charge on any atom is 0.451 e. The summed E-state index contributed by atoms with van der Waals surface area (Å²) in [4.78, 5) is 14.0. The molecule has 2 heterocycles. The van der Waals surface area contributed by atoms with Gasteiger partial charge in [-0.15, -0.1) is 5.10 Å². The zero-order chi connectivity index (χ0) is 19.1. The first-order valence-corrected chi connectivity index (χ1v) is 8.44. The zero-order valence-corrected chi connectivity index (χ0v) is 14.7. The minimum atomic E-state index is -4.68. The van der Waals surface area contributed by atoms with Crippen molar-refractivity contribution in [3.8, 4) is 0 Å². The predicted octanol–water partition coefficient (Wildman–Crippen LogP) is 3.23. The molecule has 142 valence electrons. The first-order chi connectivity index (χ1) is 12.2. The van der Waals surface area contributed by atoms with Crippen molar-refractivity contribution in [2.24, 2.45) is 7.05 Å². The maximum absolute atomic E-state index is 13.9. The highest BCUT2D eigenvalue weighted by Gasteiger charge is 2.39. The molecule has 0 bridgehead atoms. The Labute approximate surface area is 151 Å². The highest BCUT2D eigenvalue weighted by molar-refractivity contribution is 6.31. The molecular weight excluding hydrogens is 376 g/mol. The molecule has 1 aliphatic heterocycles. The van der Waals surface area contributed by atoms with Gasteiger partial charge in [-0.25, -0.2) is 13.9 Å². The number of piperidine rings is 1. The summed E-state index contributed by atoms with van der Waals surface area (Å²) in [5.74, 6) is -1.60. The molecule has 0 radical (unpaired) electrons. The lowest BCUT2D eigenvalue weighted by Crippen LogP contribution is -2.38. The van der Waals surface area contributed by atoms with Crippen LogP contribution in [0.25, 0.3) is 0 Å². The summed E-state index contributed by atoms with van der Waals surface area (Å²) in [5, 5.41) is 3.82. The van der Waals surface area contributed by atoms with Gasteiger partial charge < -0.3 is 0 Å². The lowest BCUT2D eigenvalue weighted by Gasteiger charge is -2.31. The molecule has 5 nitrogen and oxygen atoms in total. The summed E-state index contributed by atoms with van der Waals surface area (Å²) in [5.41, 5.74) is -0.394. The van der Waals surface area contributed by atoms with Crippen LogP contribution in [0.5, 0.6) is 0 Å². The second-order valence-electron chi connectivity index (χ2n) is 6.32. The van der Waals surface area contributed by atoms with Crippen LogP contribution in [0.2, 0.25) is 5.02 Å². The fraction of sp³-hybridized carbons (Fsp3) is 0.500. The topological polar surface area (TPSA) is 43.1 Å². The van der Waals surface area contributed by atoms with Gasteiger partial charge in [0.15, 0.2) is 0 Å². The molecule has 3 rings (SSSR count). The predicted molar refractivity (Wildman–Crippen MR) is 87.4 cm³/mol. The van der Waals surface area contributed by atoms with Gasteiger partial charge in [0.2, 0.25) is 5.82 Å². The van der Waals surface area contributed by atoms with Crippen molar-refractivity contribution in [3.05, 3.63) is 50.9 Å². The molecule has 0 unspecified atom stereocenters. The molecule has 0 amide bonds. The van der Waals surface area contributed by atoms with E-state index in [9.17, 15) is 22.4 Å². The Morgan fingerprint density at radius 3 is 2.46 bits per heavy atom. The SMILES string of the molecule is Cn1c(C(F)(F)F)nn(C2CCN(Cc3c(F)cccc3Cl)CC2)c1=O. The summed E-state index contributed by atoms with van der Waals surface area (Å²) in [6, 6.07) is 4.05. The average Bonchev–Trinajstić information content (AvgIpc) is 2.88. The number of hydrogen-bond acceptors (Lipinski definition) is 3. The second-order valence-corrected chi connectivity index (χ2v) is 6.72. The molecule has 0 N–H and O–H groups in total. The van der Waals surface area contributed by atoms with Gasteiger partial charge in [-0.3, -0.25) is 9.47 Å². The van der Waals surface area contributed by atoms with E-state index in [4.69, 9.17) is 11.6 Å². The van der Waals surface area contributed by atoms with E-state index in [2.05, 4.69) is 5.10 Å². The highest BCUT2D eigenvalue weighted by atomic mass is 35.5. The summed E-state index contributed by atoms with van der Waals surface area (Å²) >= 11 is 6.03. The molecule has 10 heteroatoms. The summed E-state index contributed by atoms with van der Waals surface area (Å²) in [6.07, 6.45) is -3.79. The molecule has 0 spiro atoms. The summed E-state index contributed by atoms with van der Waals surface area (Å²) in [7, 11) is 1.06. The quantitative estimate of drug-likeness (QED) is 0.753. The van der Waals surface area contributed by atoms with Crippen LogP contribution in [0, 0.1) is 5.82 Å². The molecule has 1 aromatic carbocycles. The van der Waals surface area contributed by atoms with Gasteiger partial charge in [-0.2, -0.15) is 13.2 Å². The van der Waals surface area contributed by atoms with Crippen LogP contribution >= 0.6 is 11.6 Å². The van der Waals surface area contributed by atoms with Crippen molar-refractivity contribution in [3.63, 3.8) is 0 Å². The lowest BCUT2D eigenvalue weighted by atomic mass is 10.0. The van der Waals surface area contributed by atoms with E-state index < -0.39 is 29.5 Å². The van der Waals surface area contributed by atoms with Gasteiger partial charge in [-0.05, 0) is 25.0 Å². The Hall–Kier alpha value is -1.87. The largest absolute Gasteiger partial charge is 0.451 e. The third-order valence-electron chi connectivity index (χ3n) is 4.60. The summed E-state index contributed by atoms with van der Waals surface area (Å²) in [6.45, 7) is 1.31. The van der Waals surface area contributed by atoms with Gasteiger partial charge >= 0.3 is 11.9 Å². The van der Waals surface area contributed by atoms with Crippen molar-refractivity contribution in [1.82, 2.24) is 19.2 Å². The zero-order valence-electron chi connectivity index (χ0n) is 13.9. The van der Waals surface area contributed by atoms with Gasteiger partial charge in [0.1, 0.15) is 5.82 Å². The number of alkyl halides is 3. The number of hydrogen-bond donors (Lipinski definition) is 0. The standard InChI is InChI=1S/C16H17ClF4N4O/c1-23-14(16(19,20)21)22-25(15(23)26)10-5-7-24(8-6-10)9-11-12(17)3-2-4-13(11)18/h2-4,10H,5-9H2,1H3. The fourth-order valence-electron chi connectivity index (χ4n) is 3.17. The Morgan fingerprint density at radius 2 is 1.92 bits per heavy atom. The third kappa shape index (κ3) is 3.64. The Kier molecular flexibility index (Phi) is 5.12. The van der Waals surface area contributed by atoms with Crippen LogP contribution < -0.4 is 5.69 Å². The van der Waals surface area contributed by atoms with Gasteiger partial charge in [0, 0.05) is 37.3 Å². The van der Waals surface area contributed by atoms with Crippen LogP contribution in [-0.4, -0.2) is 32.3 Å². The maximum atomic E-state index is 13.9. The van der Waals surface area contributed by atoms with Crippen molar-refractivity contribution in [2.45, 2.75) is 31.6 Å². The minimum Gasteiger partial charge on any atom is -0.299 e. The van der Waals surface area contributed by atoms with Crippen LogP contribution in [0.3, 0.4) is 0 Å². The number of halogens is 5. The molecule has 26 heavy (non-hydrogen) atoms. The average molecular weight is 393 g/mol. The Morgan fingerprint density at radius 1 is 1.27 bits per heavy atom. The molecule has 0 aliphatic carbocycles. The monoisotopic (exact) mass is 392 g/mol. The van der Waals surface area contributed by atoms with Crippen molar-refractivity contribution < 1.29 is 17.6 Å². The number of nitrogens with zero attached hydrogens (tertiary/aromatic N) is 4.